The van der Waals surface area contributed by atoms with Crippen LogP contribution >= 0.6 is 0 Å². The molecule has 1 aliphatic carbocycles. The van der Waals surface area contributed by atoms with Gasteiger partial charge in [-0.25, -0.2) is 9.67 Å². The molecular formula is C11H14N4. The van der Waals surface area contributed by atoms with Gasteiger partial charge in [0.15, 0.2) is 5.65 Å². The second-order valence-corrected chi connectivity index (χ2v) is 4.16. The summed E-state index contributed by atoms with van der Waals surface area (Å²) < 4.78 is 2.04. The van der Waals surface area contributed by atoms with Crippen molar-refractivity contribution in [3.8, 4) is 0 Å². The molecule has 0 atom stereocenters. The van der Waals surface area contributed by atoms with Gasteiger partial charge in [0.25, 0.3) is 0 Å². The Morgan fingerprint density at radius 2 is 2.13 bits per heavy atom. The second kappa shape index (κ2) is 3.22. The third-order valence-electron chi connectivity index (χ3n) is 3.20. The van der Waals surface area contributed by atoms with Crippen molar-refractivity contribution in [1.82, 2.24) is 14.8 Å². The first kappa shape index (κ1) is 8.71. The number of fused-ring (bicyclic) bond motifs is 1. The highest BCUT2D eigenvalue weighted by Gasteiger charge is 2.20. The predicted molar refractivity (Wildman–Crippen MR) is 59.4 cm³/mol. The third kappa shape index (κ3) is 1.28. The number of rotatable bonds is 1. The zero-order valence-corrected chi connectivity index (χ0v) is 8.56. The molecule has 0 spiro atoms. The fourth-order valence-electron chi connectivity index (χ4n) is 2.38. The lowest BCUT2D eigenvalue weighted by molar-refractivity contribution is 0.478. The summed E-state index contributed by atoms with van der Waals surface area (Å²) in [6.07, 6.45) is 8.62. The van der Waals surface area contributed by atoms with E-state index < -0.39 is 0 Å². The van der Waals surface area contributed by atoms with E-state index in [2.05, 4.69) is 10.1 Å². The van der Waals surface area contributed by atoms with Gasteiger partial charge >= 0.3 is 0 Å². The second-order valence-electron chi connectivity index (χ2n) is 4.16. The fraction of sp³-hybridized carbons (Fsp3) is 0.455. The maximum atomic E-state index is 5.87. The van der Waals surface area contributed by atoms with Crippen molar-refractivity contribution in [3.63, 3.8) is 0 Å². The highest BCUT2D eigenvalue weighted by molar-refractivity contribution is 5.87. The Kier molecular flexibility index (Phi) is 1.87. The van der Waals surface area contributed by atoms with E-state index in [0.717, 1.165) is 16.7 Å². The van der Waals surface area contributed by atoms with Gasteiger partial charge in [0, 0.05) is 11.9 Å². The lowest BCUT2D eigenvalue weighted by atomic mass is 10.2. The number of aromatic nitrogens is 3. The van der Waals surface area contributed by atoms with Crippen molar-refractivity contribution in [3.05, 3.63) is 18.5 Å². The van der Waals surface area contributed by atoms with Gasteiger partial charge in [-0.2, -0.15) is 5.10 Å². The summed E-state index contributed by atoms with van der Waals surface area (Å²) in [4.78, 5) is 4.37. The lowest BCUT2D eigenvalue weighted by Crippen LogP contribution is -2.06. The van der Waals surface area contributed by atoms with E-state index in [9.17, 15) is 0 Å². The minimum Gasteiger partial charge on any atom is -0.398 e. The fourth-order valence-corrected chi connectivity index (χ4v) is 2.38. The molecule has 2 N–H and O–H groups in total. The Labute approximate surface area is 88.1 Å². The molecule has 15 heavy (non-hydrogen) atoms. The lowest BCUT2D eigenvalue weighted by Gasteiger charge is -2.10. The molecule has 2 aromatic rings. The van der Waals surface area contributed by atoms with Crippen LogP contribution in [0.5, 0.6) is 0 Å². The Hall–Kier alpha value is -1.58. The summed E-state index contributed by atoms with van der Waals surface area (Å²) in [5.41, 5.74) is 7.58. The zero-order chi connectivity index (χ0) is 10.3. The first-order valence-electron chi connectivity index (χ1n) is 5.44. The predicted octanol–water partition coefficient (Wildman–Crippen LogP) is 2.13. The molecule has 1 fully saturated rings. The van der Waals surface area contributed by atoms with E-state index in [0.29, 0.717) is 6.04 Å². The van der Waals surface area contributed by atoms with Gasteiger partial charge in [-0.3, -0.25) is 0 Å². The monoisotopic (exact) mass is 202 g/mol. The molecule has 0 radical (unpaired) electrons. The summed E-state index contributed by atoms with van der Waals surface area (Å²) in [6.45, 7) is 0. The first-order valence-corrected chi connectivity index (χ1v) is 5.44. The Morgan fingerprint density at radius 1 is 1.33 bits per heavy atom. The van der Waals surface area contributed by atoms with Crippen molar-refractivity contribution >= 4 is 16.7 Å². The van der Waals surface area contributed by atoms with E-state index in [1.807, 2.05) is 16.9 Å². The molecule has 2 heterocycles. The van der Waals surface area contributed by atoms with Crippen molar-refractivity contribution in [1.29, 1.82) is 0 Å². The van der Waals surface area contributed by atoms with E-state index in [1.165, 1.54) is 25.7 Å². The topological polar surface area (TPSA) is 56.7 Å². The summed E-state index contributed by atoms with van der Waals surface area (Å²) in [6, 6.07) is 2.35. The van der Waals surface area contributed by atoms with Crippen LogP contribution in [0.3, 0.4) is 0 Å². The number of anilines is 1. The van der Waals surface area contributed by atoms with Gasteiger partial charge in [0.1, 0.15) is 0 Å². The minimum atomic E-state index is 0.525. The Morgan fingerprint density at radius 3 is 2.93 bits per heavy atom. The molecular weight excluding hydrogens is 188 g/mol. The highest BCUT2D eigenvalue weighted by atomic mass is 15.3. The van der Waals surface area contributed by atoms with Crippen LogP contribution in [0.4, 0.5) is 5.69 Å². The van der Waals surface area contributed by atoms with E-state index in [4.69, 9.17) is 5.73 Å². The number of hydrogen-bond acceptors (Lipinski definition) is 3. The third-order valence-corrected chi connectivity index (χ3v) is 3.20. The molecule has 0 aromatic carbocycles. The molecule has 0 saturated heterocycles. The molecule has 1 aliphatic rings. The van der Waals surface area contributed by atoms with Crippen LogP contribution in [0.2, 0.25) is 0 Å². The van der Waals surface area contributed by atoms with Gasteiger partial charge in [-0.1, -0.05) is 12.8 Å². The summed E-state index contributed by atoms with van der Waals surface area (Å²) in [5.74, 6) is 0. The average molecular weight is 202 g/mol. The quantitative estimate of drug-likeness (QED) is 0.770. The number of hydrogen-bond donors (Lipinski definition) is 1. The van der Waals surface area contributed by atoms with Gasteiger partial charge in [-0.05, 0) is 18.9 Å². The molecule has 3 rings (SSSR count). The van der Waals surface area contributed by atoms with Gasteiger partial charge in [-0.15, -0.1) is 0 Å². The summed E-state index contributed by atoms with van der Waals surface area (Å²) in [7, 11) is 0. The standard InChI is InChI=1S/C11H14N4/c12-10-5-6-13-11-9(10)7-14-15(11)8-3-1-2-4-8/h5-8H,1-4H2,(H2,12,13). The number of nitrogen functional groups attached to an aromatic ring is 1. The zero-order valence-electron chi connectivity index (χ0n) is 8.56. The molecule has 0 unspecified atom stereocenters. The molecule has 0 aliphatic heterocycles. The molecule has 4 nitrogen and oxygen atoms in total. The molecule has 0 amide bonds. The van der Waals surface area contributed by atoms with Crippen molar-refractivity contribution < 1.29 is 0 Å². The van der Waals surface area contributed by atoms with Gasteiger partial charge < -0.3 is 5.73 Å². The Balaban J connectivity index is 2.15. The van der Waals surface area contributed by atoms with Crippen LogP contribution in [0.25, 0.3) is 11.0 Å². The highest BCUT2D eigenvalue weighted by Crippen LogP contribution is 2.31. The first-order chi connectivity index (χ1) is 7.36. The van der Waals surface area contributed by atoms with Gasteiger partial charge in [0.2, 0.25) is 0 Å². The normalized spacial score (nSPS) is 17.6. The maximum Gasteiger partial charge on any atom is 0.160 e. The largest absolute Gasteiger partial charge is 0.398 e. The van der Waals surface area contributed by atoms with E-state index in [1.54, 1.807) is 6.20 Å². The summed E-state index contributed by atoms with van der Waals surface area (Å²) >= 11 is 0. The van der Waals surface area contributed by atoms with E-state index >= 15 is 0 Å². The minimum absolute atomic E-state index is 0.525. The molecule has 78 valence electrons. The Bertz CT molecular complexity index is 482. The van der Waals surface area contributed by atoms with Crippen molar-refractivity contribution in [2.75, 3.05) is 5.73 Å². The molecule has 0 bridgehead atoms. The van der Waals surface area contributed by atoms with Crippen LogP contribution in [0, 0.1) is 0 Å². The molecule has 2 aromatic heterocycles. The van der Waals surface area contributed by atoms with Crippen LogP contribution in [-0.4, -0.2) is 14.8 Å². The van der Waals surface area contributed by atoms with Gasteiger partial charge in [0.05, 0.1) is 17.6 Å². The summed E-state index contributed by atoms with van der Waals surface area (Å²) in [5, 5.41) is 5.39. The maximum absolute atomic E-state index is 5.87. The van der Waals surface area contributed by atoms with Crippen LogP contribution < -0.4 is 5.73 Å². The van der Waals surface area contributed by atoms with Crippen LogP contribution in [0.15, 0.2) is 18.5 Å². The SMILES string of the molecule is Nc1ccnc2c1cnn2C1CCCC1. The smallest absolute Gasteiger partial charge is 0.160 e. The van der Waals surface area contributed by atoms with Crippen molar-refractivity contribution in [2.45, 2.75) is 31.7 Å². The average Bonchev–Trinajstić information content (AvgIpc) is 2.85. The number of nitrogens with two attached hydrogens (primary N) is 1. The van der Waals surface area contributed by atoms with Crippen LogP contribution in [-0.2, 0) is 0 Å². The van der Waals surface area contributed by atoms with E-state index in [-0.39, 0.29) is 0 Å². The number of pyridine rings is 1. The molecule has 1 saturated carbocycles. The number of nitrogens with zero attached hydrogens (tertiary/aromatic N) is 3. The van der Waals surface area contributed by atoms with Crippen molar-refractivity contribution in [2.24, 2.45) is 0 Å². The molecule has 4 heteroatoms. The van der Waals surface area contributed by atoms with Crippen LogP contribution in [0.1, 0.15) is 31.7 Å².